The van der Waals surface area contributed by atoms with E-state index in [0.29, 0.717) is 0 Å². The quantitative estimate of drug-likeness (QED) is 0.830. The second kappa shape index (κ2) is 8.91. The minimum absolute atomic E-state index is 0. The van der Waals surface area contributed by atoms with Crippen LogP contribution in [0.3, 0.4) is 0 Å². The fraction of sp³-hybridized carbons (Fsp3) is 0.500. The van der Waals surface area contributed by atoms with Crippen LogP contribution >= 0.6 is 12.4 Å². The van der Waals surface area contributed by atoms with Crippen LogP contribution < -0.4 is 11.1 Å². The first-order valence-corrected chi connectivity index (χ1v) is 6.27. The Morgan fingerprint density at radius 2 is 1.89 bits per heavy atom. The lowest BCUT2D eigenvalue weighted by atomic mass is 10.2. The van der Waals surface area contributed by atoms with Crippen molar-refractivity contribution in [2.75, 3.05) is 13.6 Å². The Kier molecular flexibility index (Phi) is 8.39. The van der Waals surface area contributed by atoms with Gasteiger partial charge in [0.25, 0.3) is 0 Å². The molecule has 0 heterocycles. The van der Waals surface area contributed by atoms with Crippen LogP contribution in [0.15, 0.2) is 30.3 Å². The van der Waals surface area contributed by atoms with Gasteiger partial charge in [-0.25, -0.2) is 0 Å². The van der Waals surface area contributed by atoms with E-state index < -0.39 is 6.04 Å². The molecule has 0 aliphatic heterocycles. The number of carbonyl (C=O) groups excluding carboxylic acids is 1. The van der Waals surface area contributed by atoms with E-state index in [9.17, 15) is 4.79 Å². The van der Waals surface area contributed by atoms with Gasteiger partial charge in [-0.2, -0.15) is 0 Å². The van der Waals surface area contributed by atoms with Crippen molar-refractivity contribution in [3.63, 3.8) is 0 Å². The van der Waals surface area contributed by atoms with Crippen LogP contribution in [0.1, 0.15) is 19.4 Å². The molecule has 0 bridgehead atoms. The molecular formula is C14H24ClN3O. The van der Waals surface area contributed by atoms with Gasteiger partial charge in [-0.1, -0.05) is 30.3 Å². The molecule has 0 radical (unpaired) electrons. The Morgan fingerprint density at radius 3 is 2.42 bits per heavy atom. The molecule has 108 valence electrons. The number of nitrogens with zero attached hydrogens (tertiary/aromatic N) is 1. The standard InChI is InChI=1S/C14H23N3O.ClH/c1-11(16-14(18)12(2)15)9-17(3)10-13-7-5-4-6-8-13;/h4-8,11-12H,9-10,15H2,1-3H3,(H,16,18);1H/t11?,12-;/m0./s1. The molecule has 2 atom stereocenters. The maximum Gasteiger partial charge on any atom is 0.236 e. The van der Waals surface area contributed by atoms with Gasteiger partial charge in [0.1, 0.15) is 0 Å². The van der Waals surface area contributed by atoms with Gasteiger partial charge < -0.3 is 16.0 Å². The number of hydrogen-bond acceptors (Lipinski definition) is 3. The molecule has 1 unspecified atom stereocenters. The third kappa shape index (κ3) is 7.15. The number of rotatable bonds is 6. The molecule has 0 aliphatic rings. The fourth-order valence-corrected chi connectivity index (χ4v) is 1.85. The van der Waals surface area contributed by atoms with Crippen LogP contribution in [0, 0.1) is 0 Å². The van der Waals surface area contributed by atoms with Crippen LogP contribution in [0.5, 0.6) is 0 Å². The summed E-state index contributed by atoms with van der Waals surface area (Å²) in [7, 11) is 2.04. The minimum atomic E-state index is -0.452. The van der Waals surface area contributed by atoms with E-state index in [1.165, 1.54) is 5.56 Å². The summed E-state index contributed by atoms with van der Waals surface area (Å²) in [5.74, 6) is -0.101. The fourth-order valence-electron chi connectivity index (χ4n) is 1.85. The Morgan fingerprint density at radius 1 is 1.32 bits per heavy atom. The van der Waals surface area contributed by atoms with Crippen LogP contribution in [0.4, 0.5) is 0 Å². The highest BCUT2D eigenvalue weighted by atomic mass is 35.5. The van der Waals surface area contributed by atoms with E-state index in [2.05, 4.69) is 22.3 Å². The number of amides is 1. The molecule has 0 saturated heterocycles. The highest BCUT2D eigenvalue weighted by Gasteiger charge is 2.12. The first-order valence-electron chi connectivity index (χ1n) is 6.27. The van der Waals surface area contributed by atoms with Gasteiger partial charge in [-0.15, -0.1) is 12.4 Å². The molecule has 0 spiro atoms. The van der Waals surface area contributed by atoms with Crippen molar-refractivity contribution in [2.45, 2.75) is 32.5 Å². The van der Waals surface area contributed by atoms with Crippen molar-refractivity contribution >= 4 is 18.3 Å². The first kappa shape index (κ1) is 17.9. The molecule has 1 amide bonds. The molecule has 3 N–H and O–H groups in total. The van der Waals surface area contributed by atoms with E-state index >= 15 is 0 Å². The smallest absolute Gasteiger partial charge is 0.236 e. The van der Waals surface area contributed by atoms with Crippen molar-refractivity contribution < 1.29 is 4.79 Å². The van der Waals surface area contributed by atoms with Gasteiger partial charge in [0, 0.05) is 19.1 Å². The molecule has 0 saturated carbocycles. The van der Waals surface area contributed by atoms with Gasteiger partial charge in [-0.3, -0.25) is 4.79 Å². The first-order chi connectivity index (χ1) is 8.49. The lowest BCUT2D eigenvalue weighted by Crippen LogP contribution is -2.46. The van der Waals surface area contributed by atoms with Gasteiger partial charge in [0.05, 0.1) is 6.04 Å². The van der Waals surface area contributed by atoms with Crippen molar-refractivity contribution in [3.05, 3.63) is 35.9 Å². The number of nitrogens with one attached hydrogen (secondary N) is 1. The molecule has 1 aromatic rings. The molecule has 1 aromatic carbocycles. The summed E-state index contributed by atoms with van der Waals surface area (Å²) in [6, 6.07) is 9.91. The molecule has 1 rings (SSSR count). The summed E-state index contributed by atoms with van der Waals surface area (Å²) in [6.45, 7) is 5.35. The van der Waals surface area contributed by atoms with E-state index in [1.807, 2.05) is 32.2 Å². The molecule has 0 aromatic heterocycles. The van der Waals surface area contributed by atoms with E-state index in [1.54, 1.807) is 6.92 Å². The van der Waals surface area contributed by atoms with Gasteiger partial charge in [0.2, 0.25) is 5.91 Å². The van der Waals surface area contributed by atoms with Crippen LogP contribution in [-0.2, 0) is 11.3 Å². The maximum atomic E-state index is 11.4. The van der Waals surface area contributed by atoms with Crippen molar-refractivity contribution in [1.29, 1.82) is 0 Å². The summed E-state index contributed by atoms with van der Waals surface area (Å²) < 4.78 is 0. The Bertz CT molecular complexity index is 370. The Hall–Kier alpha value is -1.10. The monoisotopic (exact) mass is 285 g/mol. The summed E-state index contributed by atoms with van der Waals surface area (Å²) in [6.07, 6.45) is 0. The van der Waals surface area contributed by atoms with E-state index in [4.69, 9.17) is 5.73 Å². The summed E-state index contributed by atoms with van der Waals surface area (Å²) >= 11 is 0. The summed E-state index contributed by atoms with van der Waals surface area (Å²) in [4.78, 5) is 13.6. The van der Waals surface area contributed by atoms with Crippen LogP contribution in [-0.4, -0.2) is 36.5 Å². The zero-order valence-corrected chi connectivity index (χ0v) is 12.6. The number of halogens is 1. The minimum Gasteiger partial charge on any atom is -0.351 e. The Balaban J connectivity index is 0.00000324. The molecule has 19 heavy (non-hydrogen) atoms. The second-order valence-corrected chi connectivity index (χ2v) is 4.88. The number of nitrogens with two attached hydrogens (primary N) is 1. The van der Waals surface area contributed by atoms with Gasteiger partial charge in [-0.05, 0) is 26.5 Å². The summed E-state index contributed by atoms with van der Waals surface area (Å²) in [5, 5.41) is 2.89. The maximum absolute atomic E-state index is 11.4. The number of carbonyl (C=O) groups is 1. The molecular weight excluding hydrogens is 262 g/mol. The summed E-state index contributed by atoms with van der Waals surface area (Å²) in [5.41, 5.74) is 6.78. The largest absolute Gasteiger partial charge is 0.351 e. The molecule has 0 fully saturated rings. The highest BCUT2D eigenvalue weighted by Crippen LogP contribution is 2.03. The van der Waals surface area contributed by atoms with E-state index in [0.717, 1.165) is 13.1 Å². The van der Waals surface area contributed by atoms with Crippen molar-refractivity contribution in [3.8, 4) is 0 Å². The lowest BCUT2D eigenvalue weighted by molar-refractivity contribution is -0.122. The average molecular weight is 286 g/mol. The molecule has 4 nitrogen and oxygen atoms in total. The predicted molar refractivity (Wildman–Crippen MR) is 81.3 cm³/mol. The zero-order valence-electron chi connectivity index (χ0n) is 11.8. The normalized spacial score (nSPS) is 13.5. The van der Waals surface area contributed by atoms with E-state index in [-0.39, 0.29) is 24.4 Å². The van der Waals surface area contributed by atoms with Gasteiger partial charge >= 0.3 is 0 Å². The number of hydrogen-bond donors (Lipinski definition) is 2. The van der Waals surface area contributed by atoms with Crippen molar-refractivity contribution in [1.82, 2.24) is 10.2 Å². The highest BCUT2D eigenvalue weighted by molar-refractivity contribution is 5.85. The average Bonchev–Trinajstić information content (AvgIpc) is 2.29. The number of likely N-dealkylation sites (N-methyl/N-ethyl adjacent to an activating group) is 1. The van der Waals surface area contributed by atoms with Gasteiger partial charge in [0.15, 0.2) is 0 Å². The van der Waals surface area contributed by atoms with Crippen LogP contribution in [0.2, 0.25) is 0 Å². The Labute approximate surface area is 121 Å². The van der Waals surface area contributed by atoms with Crippen molar-refractivity contribution in [2.24, 2.45) is 5.73 Å². The zero-order chi connectivity index (χ0) is 13.5. The third-order valence-corrected chi connectivity index (χ3v) is 2.68. The topological polar surface area (TPSA) is 58.4 Å². The second-order valence-electron chi connectivity index (χ2n) is 4.88. The van der Waals surface area contributed by atoms with Crippen LogP contribution in [0.25, 0.3) is 0 Å². The third-order valence-electron chi connectivity index (χ3n) is 2.68. The number of benzene rings is 1. The SMILES string of the molecule is CC(CN(C)Cc1ccccc1)NC(=O)[C@H](C)N.Cl. The molecule has 0 aliphatic carbocycles. The lowest BCUT2D eigenvalue weighted by Gasteiger charge is -2.22. The predicted octanol–water partition coefficient (Wildman–Crippen LogP) is 1.39. The molecule has 5 heteroatoms.